The first-order valence-corrected chi connectivity index (χ1v) is 4.43. The zero-order valence-electron chi connectivity index (χ0n) is 7.31. The van der Waals surface area contributed by atoms with Crippen LogP contribution in [-0.2, 0) is 11.2 Å². The number of rotatable bonds is 2. The zero-order valence-corrected chi connectivity index (χ0v) is 7.31. The highest BCUT2D eigenvalue weighted by atomic mass is 16.1. The van der Waals surface area contributed by atoms with Crippen LogP contribution in [0.3, 0.4) is 0 Å². The van der Waals surface area contributed by atoms with Crippen molar-refractivity contribution in [3.05, 3.63) is 35.9 Å². The summed E-state index contributed by atoms with van der Waals surface area (Å²) in [5.41, 5.74) is 1.20. The van der Waals surface area contributed by atoms with E-state index >= 15 is 0 Å². The molecule has 0 unspecified atom stereocenters. The minimum absolute atomic E-state index is 0.0161. The number of Topliss-reactive ketones (excluding diaryl/α,β-unsaturated/α-hetero) is 1. The molecule has 0 radical (unpaired) electrons. The van der Waals surface area contributed by atoms with Gasteiger partial charge < -0.3 is 0 Å². The molecule has 0 saturated carbocycles. The van der Waals surface area contributed by atoms with Gasteiger partial charge in [0.05, 0.1) is 12.5 Å². The Hall–Kier alpha value is -1.44. The van der Waals surface area contributed by atoms with Crippen molar-refractivity contribution in [3.8, 4) is 0 Å². The first kappa shape index (κ1) is 8.17. The molecule has 0 fully saturated rings. The minimum Gasteiger partial charge on any atom is -0.297 e. The van der Waals surface area contributed by atoms with Crippen LogP contribution < -0.4 is 0 Å². The maximum Gasteiger partial charge on any atom is 0.162 e. The van der Waals surface area contributed by atoms with E-state index in [1.807, 2.05) is 30.3 Å². The lowest BCUT2D eigenvalue weighted by atomic mass is 9.98. The smallest absolute Gasteiger partial charge is 0.162 e. The quantitative estimate of drug-likeness (QED) is 0.666. The average molecular weight is 173 g/mol. The predicted octanol–water partition coefficient (Wildman–Crippen LogP) is 1.50. The predicted molar refractivity (Wildman–Crippen MR) is 52.0 cm³/mol. The largest absolute Gasteiger partial charge is 0.297 e. The molecule has 1 atom stereocenters. The molecule has 2 nitrogen and oxygen atoms in total. The molecule has 0 aromatic heterocycles. The van der Waals surface area contributed by atoms with Crippen LogP contribution >= 0.6 is 0 Å². The van der Waals surface area contributed by atoms with E-state index in [4.69, 9.17) is 0 Å². The third-order valence-electron chi connectivity index (χ3n) is 2.24. The van der Waals surface area contributed by atoms with Crippen LogP contribution in [-0.4, -0.2) is 18.5 Å². The Morgan fingerprint density at radius 1 is 1.31 bits per heavy atom. The van der Waals surface area contributed by atoms with E-state index in [2.05, 4.69) is 4.99 Å². The summed E-state index contributed by atoms with van der Waals surface area (Å²) in [6.45, 7) is 0.373. The van der Waals surface area contributed by atoms with Crippen LogP contribution in [0.25, 0.3) is 0 Å². The molecule has 1 aromatic rings. The molecule has 0 aliphatic carbocycles. The molecule has 1 aromatic carbocycles. The molecule has 66 valence electrons. The highest BCUT2D eigenvalue weighted by Gasteiger charge is 2.20. The number of hydrogen-bond donors (Lipinski definition) is 0. The van der Waals surface area contributed by atoms with Crippen molar-refractivity contribution >= 4 is 12.0 Å². The lowest BCUT2D eigenvalue weighted by Gasteiger charge is -2.04. The van der Waals surface area contributed by atoms with Crippen LogP contribution in [0.1, 0.15) is 5.56 Å². The highest BCUT2D eigenvalue weighted by molar-refractivity contribution is 6.00. The third-order valence-corrected chi connectivity index (χ3v) is 2.24. The summed E-state index contributed by atoms with van der Waals surface area (Å²) < 4.78 is 0. The van der Waals surface area contributed by atoms with Gasteiger partial charge in [0.25, 0.3) is 0 Å². The molecule has 1 aliphatic rings. The van der Waals surface area contributed by atoms with Crippen molar-refractivity contribution < 1.29 is 4.79 Å². The molecule has 1 aliphatic heterocycles. The fraction of sp³-hybridized carbons (Fsp3) is 0.273. The molecule has 0 saturated heterocycles. The van der Waals surface area contributed by atoms with E-state index in [1.165, 1.54) is 5.56 Å². The Morgan fingerprint density at radius 2 is 2.08 bits per heavy atom. The van der Waals surface area contributed by atoms with Crippen molar-refractivity contribution in [3.63, 3.8) is 0 Å². The Kier molecular flexibility index (Phi) is 2.21. The van der Waals surface area contributed by atoms with Gasteiger partial charge in [0.2, 0.25) is 0 Å². The molecular weight excluding hydrogens is 162 g/mol. The summed E-state index contributed by atoms with van der Waals surface area (Å²) in [5, 5.41) is 0. The van der Waals surface area contributed by atoms with Gasteiger partial charge in [0, 0.05) is 6.21 Å². The summed E-state index contributed by atoms with van der Waals surface area (Å²) >= 11 is 0. The second-order valence-electron chi connectivity index (χ2n) is 3.25. The van der Waals surface area contributed by atoms with Crippen LogP contribution in [0, 0.1) is 5.92 Å². The summed E-state index contributed by atoms with van der Waals surface area (Å²) in [6.07, 6.45) is 2.57. The van der Waals surface area contributed by atoms with Crippen molar-refractivity contribution in [1.29, 1.82) is 0 Å². The maximum atomic E-state index is 11.3. The molecule has 0 amide bonds. The van der Waals surface area contributed by atoms with Gasteiger partial charge in [0.1, 0.15) is 0 Å². The third kappa shape index (κ3) is 1.83. The molecular formula is C11H11NO. The zero-order chi connectivity index (χ0) is 9.10. The first-order valence-electron chi connectivity index (χ1n) is 4.43. The Labute approximate surface area is 77.3 Å². The number of nitrogens with zero attached hydrogens (tertiary/aromatic N) is 1. The lowest BCUT2D eigenvalue weighted by Crippen LogP contribution is -2.14. The number of aliphatic imine (C=N–C) groups is 1. The van der Waals surface area contributed by atoms with Crippen molar-refractivity contribution in [1.82, 2.24) is 0 Å². The molecule has 0 spiro atoms. The average Bonchev–Trinajstić information content (AvgIpc) is 2.54. The Balaban J connectivity index is 2.06. The van der Waals surface area contributed by atoms with E-state index in [-0.39, 0.29) is 11.7 Å². The minimum atomic E-state index is 0.0161. The second-order valence-corrected chi connectivity index (χ2v) is 3.25. The van der Waals surface area contributed by atoms with Gasteiger partial charge in [-0.1, -0.05) is 30.3 Å². The summed E-state index contributed by atoms with van der Waals surface area (Å²) in [6, 6.07) is 10.0. The van der Waals surface area contributed by atoms with E-state index in [1.54, 1.807) is 6.21 Å². The first-order chi connectivity index (χ1) is 6.36. The van der Waals surface area contributed by atoms with Gasteiger partial charge in [0.15, 0.2) is 5.78 Å². The molecule has 13 heavy (non-hydrogen) atoms. The SMILES string of the molecule is O=C1CN=C[C@@H]1Cc1ccccc1. The molecule has 2 heteroatoms. The van der Waals surface area contributed by atoms with Crippen LogP contribution in [0.2, 0.25) is 0 Å². The number of benzene rings is 1. The van der Waals surface area contributed by atoms with Crippen molar-refractivity contribution in [2.24, 2.45) is 10.9 Å². The Bertz CT molecular complexity index is 329. The van der Waals surface area contributed by atoms with E-state index in [0.717, 1.165) is 6.42 Å². The van der Waals surface area contributed by atoms with Gasteiger partial charge in [-0.25, -0.2) is 0 Å². The van der Waals surface area contributed by atoms with E-state index < -0.39 is 0 Å². The van der Waals surface area contributed by atoms with Gasteiger partial charge in [-0.3, -0.25) is 9.79 Å². The molecule has 0 bridgehead atoms. The summed E-state index contributed by atoms with van der Waals surface area (Å²) in [4.78, 5) is 15.2. The molecule has 2 rings (SSSR count). The monoisotopic (exact) mass is 173 g/mol. The number of carbonyl (C=O) groups excluding carboxylic acids is 1. The molecule has 0 N–H and O–H groups in total. The van der Waals surface area contributed by atoms with Crippen molar-refractivity contribution in [2.45, 2.75) is 6.42 Å². The van der Waals surface area contributed by atoms with Gasteiger partial charge in [-0.15, -0.1) is 0 Å². The Morgan fingerprint density at radius 3 is 2.69 bits per heavy atom. The fourth-order valence-corrected chi connectivity index (χ4v) is 1.50. The van der Waals surface area contributed by atoms with E-state index in [0.29, 0.717) is 6.54 Å². The van der Waals surface area contributed by atoms with Crippen LogP contribution in [0.5, 0.6) is 0 Å². The normalized spacial score (nSPS) is 20.9. The summed E-state index contributed by atoms with van der Waals surface area (Å²) in [7, 11) is 0. The number of carbonyl (C=O) groups is 1. The van der Waals surface area contributed by atoms with Gasteiger partial charge >= 0.3 is 0 Å². The number of hydrogen-bond acceptors (Lipinski definition) is 2. The lowest BCUT2D eigenvalue weighted by molar-refractivity contribution is -0.118. The molecule has 1 heterocycles. The van der Waals surface area contributed by atoms with E-state index in [9.17, 15) is 4.79 Å². The van der Waals surface area contributed by atoms with Crippen LogP contribution in [0.4, 0.5) is 0 Å². The van der Waals surface area contributed by atoms with Crippen molar-refractivity contribution in [2.75, 3.05) is 6.54 Å². The fourth-order valence-electron chi connectivity index (χ4n) is 1.50. The maximum absolute atomic E-state index is 11.3. The number of ketones is 1. The van der Waals surface area contributed by atoms with Gasteiger partial charge in [-0.2, -0.15) is 0 Å². The topological polar surface area (TPSA) is 29.4 Å². The second kappa shape index (κ2) is 3.52. The van der Waals surface area contributed by atoms with Gasteiger partial charge in [-0.05, 0) is 12.0 Å². The highest BCUT2D eigenvalue weighted by Crippen LogP contribution is 2.11. The standard InChI is InChI=1S/C11H11NO/c13-11-8-12-7-10(11)6-9-4-2-1-3-5-9/h1-5,7,10H,6,8H2/t10-/m0/s1. The van der Waals surface area contributed by atoms with Crippen LogP contribution in [0.15, 0.2) is 35.3 Å². The summed E-state index contributed by atoms with van der Waals surface area (Å²) in [5.74, 6) is 0.256.